The SMILES string of the molecule is Cc1ccc(C)c(CN2CCC(Br)CC2)c1. The molecule has 1 heterocycles. The van der Waals surface area contributed by atoms with Gasteiger partial charge in [0.25, 0.3) is 0 Å². The topological polar surface area (TPSA) is 3.24 Å². The third-order valence-corrected chi connectivity index (χ3v) is 4.33. The van der Waals surface area contributed by atoms with Gasteiger partial charge in [-0.1, -0.05) is 39.7 Å². The molecule has 1 aromatic rings. The van der Waals surface area contributed by atoms with E-state index < -0.39 is 0 Å². The molecule has 1 fully saturated rings. The summed E-state index contributed by atoms with van der Waals surface area (Å²) in [6.45, 7) is 7.96. The Morgan fingerprint density at radius 2 is 1.94 bits per heavy atom. The molecule has 0 amide bonds. The Balaban J connectivity index is 2.00. The molecule has 2 heteroatoms. The first-order valence-corrected chi connectivity index (χ1v) is 6.99. The number of piperidine rings is 1. The van der Waals surface area contributed by atoms with Crippen LogP contribution < -0.4 is 0 Å². The molecule has 0 saturated carbocycles. The second-order valence-electron chi connectivity index (χ2n) is 4.88. The van der Waals surface area contributed by atoms with Crippen molar-refractivity contribution >= 4 is 15.9 Å². The van der Waals surface area contributed by atoms with Gasteiger partial charge in [0.2, 0.25) is 0 Å². The highest BCUT2D eigenvalue weighted by molar-refractivity contribution is 9.09. The molecule has 1 aliphatic rings. The summed E-state index contributed by atoms with van der Waals surface area (Å²) in [6, 6.07) is 6.76. The molecule has 0 N–H and O–H groups in total. The van der Waals surface area contributed by atoms with E-state index >= 15 is 0 Å². The first kappa shape index (κ1) is 12.1. The normalized spacial score (nSPS) is 18.9. The number of halogens is 1. The van der Waals surface area contributed by atoms with E-state index in [4.69, 9.17) is 0 Å². The van der Waals surface area contributed by atoms with Gasteiger partial charge in [-0.15, -0.1) is 0 Å². The van der Waals surface area contributed by atoms with Crippen LogP contribution in [0, 0.1) is 13.8 Å². The van der Waals surface area contributed by atoms with Crippen LogP contribution in [0.1, 0.15) is 29.5 Å². The first-order valence-electron chi connectivity index (χ1n) is 6.07. The summed E-state index contributed by atoms with van der Waals surface area (Å²) in [5, 5.41) is 0. The predicted molar refractivity (Wildman–Crippen MR) is 73.1 cm³/mol. The number of alkyl halides is 1. The number of rotatable bonds is 2. The third kappa shape index (κ3) is 3.08. The zero-order valence-corrected chi connectivity index (χ0v) is 11.8. The van der Waals surface area contributed by atoms with E-state index in [0.717, 1.165) is 11.4 Å². The molecule has 0 radical (unpaired) electrons. The summed E-state index contributed by atoms with van der Waals surface area (Å²) < 4.78 is 0. The highest BCUT2D eigenvalue weighted by atomic mass is 79.9. The number of likely N-dealkylation sites (tertiary alicyclic amines) is 1. The van der Waals surface area contributed by atoms with Gasteiger partial charge in [-0.05, 0) is 50.9 Å². The molecule has 0 aliphatic carbocycles. The van der Waals surface area contributed by atoms with E-state index in [1.165, 1.54) is 42.6 Å². The Morgan fingerprint density at radius 1 is 1.25 bits per heavy atom. The molecule has 88 valence electrons. The quantitative estimate of drug-likeness (QED) is 0.748. The molecule has 0 spiro atoms. The predicted octanol–water partition coefficient (Wildman–Crippen LogP) is 3.66. The van der Waals surface area contributed by atoms with E-state index in [9.17, 15) is 0 Å². The lowest BCUT2D eigenvalue weighted by molar-refractivity contribution is 0.226. The molecule has 0 atom stereocenters. The Labute approximate surface area is 107 Å². The van der Waals surface area contributed by atoms with Crippen LogP contribution in [0.15, 0.2) is 18.2 Å². The molecular weight excluding hydrogens is 262 g/mol. The fourth-order valence-electron chi connectivity index (χ4n) is 2.27. The minimum Gasteiger partial charge on any atom is -0.299 e. The van der Waals surface area contributed by atoms with Crippen molar-refractivity contribution in [1.82, 2.24) is 4.90 Å². The summed E-state index contributed by atoms with van der Waals surface area (Å²) in [5.74, 6) is 0. The Bertz CT molecular complexity index is 354. The van der Waals surface area contributed by atoms with E-state index in [1.54, 1.807) is 0 Å². The Morgan fingerprint density at radius 3 is 2.62 bits per heavy atom. The van der Waals surface area contributed by atoms with Crippen LogP contribution in [0.25, 0.3) is 0 Å². The standard InChI is InChI=1S/C14H20BrN/c1-11-3-4-12(2)13(9-11)10-16-7-5-14(15)6-8-16/h3-4,9,14H,5-8,10H2,1-2H3. The molecule has 0 aromatic heterocycles. The van der Waals surface area contributed by atoms with Gasteiger partial charge in [-0.2, -0.15) is 0 Å². The summed E-state index contributed by atoms with van der Waals surface area (Å²) in [5.41, 5.74) is 4.29. The average molecular weight is 282 g/mol. The fourth-order valence-corrected chi connectivity index (χ4v) is 2.68. The highest BCUT2D eigenvalue weighted by Crippen LogP contribution is 2.20. The summed E-state index contributed by atoms with van der Waals surface area (Å²) in [4.78, 5) is 3.31. The molecule has 1 aliphatic heterocycles. The number of benzene rings is 1. The van der Waals surface area contributed by atoms with Gasteiger partial charge < -0.3 is 0 Å². The minimum absolute atomic E-state index is 0.738. The van der Waals surface area contributed by atoms with Gasteiger partial charge in [0.05, 0.1) is 0 Å². The molecular formula is C14H20BrN. The zero-order valence-electron chi connectivity index (χ0n) is 10.2. The van der Waals surface area contributed by atoms with E-state index in [2.05, 4.69) is 52.9 Å². The molecule has 1 aromatic carbocycles. The van der Waals surface area contributed by atoms with Crippen molar-refractivity contribution in [2.45, 2.75) is 38.1 Å². The van der Waals surface area contributed by atoms with Crippen molar-refractivity contribution in [2.75, 3.05) is 13.1 Å². The monoisotopic (exact) mass is 281 g/mol. The van der Waals surface area contributed by atoms with Gasteiger partial charge in [-0.3, -0.25) is 4.90 Å². The third-order valence-electron chi connectivity index (χ3n) is 3.42. The number of hydrogen-bond acceptors (Lipinski definition) is 1. The molecule has 0 unspecified atom stereocenters. The van der Waals surface area contributed by atoms with Crippen molar-refractivity contribution in [3.05, 3.63) is 34.9 Å². The number of nitrogens with zero attached hydrogens (tertiary/aromatic N) is 1. The van der Waals surface area contributed by atoms with Crippen molar-refractivity contribution in [1.29, 1.82) is 0 Å². The van der Waals surface area contributed by atoms with Gasteiger partial charge in [0.15, 0.2) is 0 Å². The summed E-state index contributed by atoms with van der Waals surface area (Å²) >= 11 is 3.70. The molecule has 0 bridgehead atoms. The van der Waals surface area contributed by atoms with E-state index in [1.807, 2.05) is 0 Å². The van der Waals surface area contributed by atoms with Crippen LogP contribution in [-0.2, 0) is 6.54 Å². The van der Waals surface area contributed by atoms with Crippen LogP contribution in [0.3, 0.4) is 0 Å². The summed E-state index contributed by atoms with van der Waals surface area (Å²) in [6.07, 6.45) is 2.57. The van der Waals surface area contributed by atoms with Crippen LogP contribution in [0.4, 0.5) is 0 Å². The van der Waals surface area contributed by atoms with Gasteiger partial charge >= 0.3 is 0 Å². The second-order valence-corrected chi connectivity index (χ2v) is 6.18. The first-order chi connectivity index (χ1) is 7.65. The van der Waals surface area contributed by atoms with Crippen molar-refractivity contribution < 1.29 is 0 Å². The molecule has 1 saturated heterocycles. The minimum atomic E-state index is 0.738. The van der Waals surface area contributed by atoms with E-state index in [-0.39, 0.29) is 0 Å². The van der Waals surface area contributed by atoms with Crippen LogP contribution in [0.2, 0.25) is 0 Å². The van der Waals surface area contributed by atoms with E-state index in [0.29, 0.717) is 0 Å². The van der Waals surface area contributed by atoms with Crippen molar-refractivity contribution in [3.8, 4) is 0 Å². The Hall–Kier alpha value is -0.340. The van der Waals surface area contributed by atoms with Crippen molar-refractivity contribution in [3.63, 3.8) is 0 Å². The Kier molecular flexibility index (Phi) is 4.04. The fraction of sp³-hybridized carbons (Fsp3) is 0.571. The average Bonchev–Trinajstić information content (AvgIpc) is 2.27. The maximum atomic E-state index is 3.70. The zero-order chi connectivity index (χ0) is 11.5. The maximum absolute atomic E-state index is 3.70. The van der Waals surface area contributed by atoms with Crippen LogP contribution in [0.5, 0.6) is 0 Å². The van der Waals surface area contributed by atoms with Gasteiger partial charge in [0.1, 0.15) is 0 Å². The lowest BCUT2D eigenvalue weighted by Gasteiger charge is -2.29. The van der Waals surface area contributed by atoms with Crippen LogP contribution in [-0.4, -0.2) is 22.8 Å². The largest absolute Gasteiger partial charge is 0.299 e. The molecule has 1 nitrogen and oxygen atoms in total. The lowest BCUT2D eigenvalue weighted by atomic mass is 10.0. The molecule has 2 rings (SSSR count). The smallest absolute Gasteiger partial charge is 0.0236 e. The number of aryl methyl sites for hydroxylation is 2. The molecule has 16 heavy (non-hydrogen) atoms. The maximum Gasteiger partial charge on any atom is 0.0236 e. The second kappa shape index (κ2) is 5.33. The van der Waals surface area contributed by atoms with Gasteiger partial charge in [-0.25, -0.2) is 0 Å². The summed E-state index contributed by atoms with van der Waals surface area (Å²) in [7, 11) is 0. The van der Waals surface area contributed by atoms with Crippen molar-refractivity contribution in [2.24, 2.45) is 0 Å². The lowest BCUT2D eigenvalue weighted by Crippen LogP contribution is -2.33. The van der Waals surface area contributed by atoms with Gasteiger partial charge in [0, 0.05) is 11.4 Å². The highest BCUT2D eigenvalue weighted by Gasteiger charge is 2.17. The number of hydrogen-bond donors (Lipinski definition) is 0. The van der Waals surface area contributed by atoms with Crippen LogP contribution >= 0.6 is 15.9 Å².